The molecule has 1 heterocycles. The van der Waals surface area contributed by atoms with E-state index in [0.29, 0.717) is 12.3 Å². The highest BCUT2D eigenvalue weighted by molar-refractivity contribution is 7.99. The largest absolute Gasteiger partial charge is 0.348 e. The molecule has 0 spiro atoms. The number of carbonyl (C=O) groups is 1. The van der Waals surface area contributed by atoms with Gasteiger partial charge < -0.3 is 11.1 Å². The third kappa shape index (κ3) is 3.73. The Morgan fingerprint density at radius 2 is 2.30 bits per heavy atom. The second kappa shape index (κ2) is 6.59. The van der Waals surface area contributed by atoms with Gasteiger partial charge in [0, 0.05) is 10.6 Å². The zero-order valence-electron chi connectivity index (χ0n) is 11.9. The summed E-state index contributed by atoms with van der Waals surface area (Å²) in [5.74, 6) is 0.883. The zero-order chi connectivity index (χ0) is 14.7. The number of fused-ring (bicyclic) bond motifs is 1. The molecule has 0 aromatic heterocycles. The summed E-state index contributed by atoms with van der Waals surface area (Å²) < 4.78 is 13.4. The normalized spacial score (nSPS) is 19.6. The quantitative estimate of drug-likeness (QED) is 0.898. The van der Waals surface area contributed by atoms with Crippen LogP contribution < -0.4 is 11.1 Å². The second-order valence-corrected chi connectivity index (χ2v) is 6.75. The van der Waals surface area contributed by atoms with Gasteiger partial charge in [-0.15, -0.1) is 11.8 Å². The molecule has 3 N–H and O–H groups in total. The summed E-state index contributed by atoms with van der Waals surface area (Å²) in [7, 11) is 0. The minimum absolute atomic E-state index is 0.132. The van der Waals surface area contributed by atoms with Crippen LogP contribution in [-0.4, -0.2) is 17.7 Å². The monoisotopic (exact) mass is 296 g/mol. The molecule has 0 radical (unpaired) electrons. The molecule has 2 atom stereocenters. The first kappa shape index (κ1) is 15.3. The molecule has 1 unspecified atom stereocenters. The van der Waals surface area contributed by atoms with Gasteiger partial charge in [-0.05, 0) is 42.5 Å². The van der Waals surface area contributed by atoms with Crippen molar-refractivity contribution in [1.29, 1.82) is 0 Å². The number of thioether (sulfide) groups is 1. The van der Waals surface area contributed by atoms with Crippen LogP contribution in [0.1, 0.15) is 38.3 Å². The molecule has 0 saturated heterocycles. The number of amides is 1. The van der Waals surface area contributed by atoms with Gasteiger partial charge in [0.05, 0.1) is 12.1 Å². The molecule has 0 aliphatic carbocycles. The maximum absolute atomic E-state index is 13.4. The van der Waals surface area contributed by atoms with Crippen molar-refractivity contribution in [3.05, 3.63) is 29.6 Å². The number of nitrogens with one attached hydrogen (secondary N) is 1. The molecule has 0 fully saturated rings. The molecule has 0 saturated carbocycles. The van der Waals surface area contributed by atoms with Crippen molar-refractivity contribution >= 4 is 17.7 Å². The third-order valence-corrected chi connectivity index (χ3v) is 4.51. The van der Waals surface area contributed by atoms with E-state index in [-0.39, 0.29) is 17.8 Å². The zero-order valence-corrected chi connectivity index (χ0v) is 12.7. The van der Waals surface area contributed by atoms with E-state index in [4.69, 9.17) is 5.73 Å². The first-order valence-electron chi connectivity index (χ1n) is 6.95. The highest BCUT2D eigenvalue weighted by Crippen LogP contribution is 2.36. The highest BCUT2D eigenvalue weighted by atomic mass is 32.2. The first-order chi connectivity index (χ1) is 9.47. The number of rotatable bonds is 4. The van der Waals surface area contributed by atoms with Crippen LogP contribution in [-0.2, 0) is 4.79 Å². The van der Waals surface area contributed by atoms with Crippen molar-refractivity contribution in [2.75, 3.05) is 5.75 Å². The number of hydrogen-bond acceptors (Lipinski definition) is 3. The Labute approximate surface area is 123 Å². The minimum Gasteiger partial charge on any atom is -0.348 e. The molecule has 2 rings (SSSR count). The Morgan fingerprint density at radius 3 is 3.00 bits per heavy atom. The molecular formula is C15H21FN2OS. The number of halogens is 1. The highest BCUT2D eigenvalue weighted by Gasteiger charge is 2.25. The van der Waals surface area contributed by atoms with Gasteiger partial charge >= 0.3 is 0 Å². The van der Waals surface area contributed by atoms with E-state index < -0.39 is 6.04 Å². The predicted molar refractivity (Wildman–Crippen MR) is 80.1 cm³/mol. The minimum atomic E-state index is -0.499. The van der Waals surface area contributed by atoms with Crippen molar-refractivity contribution < 1.29 is 9.18 Å². The van der Waals surface area contributed by atoms with E-state index in [1.54, 1.807) is 17.8 Å². The lowest BCUT2D eigenvalue weighted by molar-refractivity contribution is -0.123. The van der Waals surface area contributed by atoms with E-state index in [9.17, 15) is 9.18 Å². The van der Waals surface area contributed by atoms with Gasteiger partial charge in [0.1, 0.15) is 5.82 Å². The van der Waals surface area contributed by atoms with Crippen molar-refractivity contribution in [1.82, 2.24) is 5.32 Å². The van der Waals surface area contributed by atoms with Crippen LogP contribution in [0.3, 0.4) is 0 Å². The van der Waals surface area contributed by atoms with Gasteiger partial charge in [-0.25, -0.2) is 4.39 Å². The molecule has 1 aliphatic rings. The van der Waals surface area contributed by atoms with Crippen LogP contribution in [0.4, 0.5) is 4.39 Å². The maximum atomic E-state index is 13.4. The fourth-order valence-corrected chi connectivity index (χ4v) is 3.51. The second-order valence-electron chi connectivity index (χ2n) is 5.62. The molecule has 1 aromatic carbocycles. The molecule has 3 nitrogen and oxygen atoms in total. The average Bonchev–Trinajstić information content (AvgIpc) is 2.38. The fourth-order valence-electron chi connectivity index (χ4n) is 2.41. The van der Waals surface area contributed by atoms with Crippen LogP contribution in [0.25, 0.3) is 0 Å². The molecule has 5 heteroatoms. The van der Waals surface area contributed by atoms with Crippen LogP contribution in [0.5, 0.6) is 0 Å². The Balaban J connectivity index is 2.08. The van der Waals surface area contributed by atoms with Crippen molar-refractivity contribution in [2.45, 2.75) is 43.7 Å². The van der Waals surface area contributed by atoms with Crippen LogP contribution in [0.15, 0.2) is 23.1 Å². The van der Waals surface area contributed by atoms with Gasteiger partial charge in [-0.3, -0.25) is 4.79 Å². The van der Waals surface area contributed by atoms with E-state index in [2.05, 4.69) is 5.32 Å². The van der Waals surface area contributed by atoms with Crippen molar-refractivity contribution in [3.8, 4) is 0 Å². The molecule has 20 heavy (non-hydrogen) atoms. The van der Waals surface area contributed by atoms with Gasteiger partial charge in [0.2, 0.25) is 5.91 Å². The Morgan fingerprint density at radius 1 is 1.55 bits per heavy atom. The number of hydrogen-bond donors (Lipinski definition) is 2. The van der Waals surface area contributed by atoms with Crippen LogP contribution in [0, 0.1) is 11.7 Å². The van der Waals surface area contributed by atoms with Gasteiger partial charge in [0.25, 0.3) is 0 Å². The molecule has 1 aliphatic heterocycles. The lowest BCUT2D eigenvalue weighted by Gasteiger charge is -2.27. The molecule has 1 aromatic rings. The first-order valence-corrected chi connectivity index (χ1v) is 7.94. The topological polar surface area (TPSA) is 55.1 Å². The van der Waals surface area contributed by atoms with Crippen LogP contribution >= 0.6 is 11.8 Å². The summed E-state index contributed by atoms with van der Waals surface area (Å²) in [5.41, 5.74) is 6.76. The van der Waals surface area contributed by atoms with Gasteiger partial charge in [0.15, 0.2) is 0 Å². The summed E-state index contributed by atoms with van der Waals surface area (Å²) in [6.07, 6.45) is 1.46. The maximum Gasteiger partial charge on any atom is 0.237 e. The summed E-state index contributed by atoms with van der Waals surface area (Å²) in [5, 5.41) is 2.96. The molecule has 0 bridgehead atoms. The van der Waals surface area contributed by atoms with Gasteiger partial charge in [-0.2, -0.15) is 0 Å². The third-order valence-electron chi connectivity index (χ3n) is 3.39. The lowest BCUT2D eigenvalue weighted by atomic mass is 10.0. The molecular weight excluding hydrogens is 275 g/mol. The molecule has 1 amide bonds. The molecule has 110 valence electrons. The van der Waals surface area contributed by atoms with E-state index >= 15 is 0 Å². The van der Waals surface area contributed by atoms with Crippen molar-refractivity contribution in [3.63, 3.8) is 0 Å². The smallest absolute Gasteiger partial charge is 0.237 e. The SMILES string of the molecule is CC(C)C[C@H](N)C(=O)NC1CCSc2ccc(F)cc21. The number of carbonyl (C=O) groups excluding carboxylic acids is 1. The van der Waals surface area contributed by atoms with Crippen molar-refractivity contribution in [2.24, 2.45) is 11.7 Å². The van der Waals surface area contributed by atoms with E-state index in [1.807, 2.05) is 13.8 Å². The number of benzene rings is 1. The Kier molecular flexibility index (Phi) is 5.05. The predicted octanol–water partition coefficient (Wildman–Crippen LogP) is 2.85. The van der Waals surface area contributed by atoms with Crippen LogP contribution in [0.2, 0.25) is 0 Å². The summed E-state index contributed by atoms with van der Waals surface area (Å²) in [6.45, 7) is 4.07. The Bertz CT molecular complexity index is 493. The van der Waals surface area contributed by atoms with E-state index in [0.717, 1.165) is 22.6 Å². The van der Waals surface area contributed by atoms with E-state index in [1.165, 1.54) is 12.1 Å². The van der Waals surface area contributed by atoms with Gasteiger partial charge in [-0.1, -0.05) is 13.8 Å². The lowest BCUT2D eigenvalue weighted by Crippen LogP contribution is -2.43. The average molecular weight is 296 g/mol. The Hall–Kier alpha value is -1.07. The summed E-state index contributed by atoms with van der Waals surface area (Å²) in [4.78, 5) is 13.1. The fraction of sp³-hybridized carbons (Fsp3) is 0.533. The number of nitrogens with two attached hydrogens (primary N) is 1. The standard InChI is InChI=1S/C15H21FN2OS/c1-9(2)7-12(17)15(19)18-13-5-6-20-14-4-3-10(16)8-11(13)14/h3-4,8-9,12-13H,5-7,17H2,1-2H3,(H,18,19)/t12-,13?/m0/s1. The summed E-state index contributed by atoms with van der Waals surface area (Å²) in [6, 6.07) is 4.12. The summed E-state index contributed by atoms with van der Waals surface area (Å²) >= 11 is 1.70.